The molecule has 3 nitrogen and oxygen atoms in total. The number of carbonyl (C=O) groups is 1. The van der Waals surface area contributed by atoms with Gasteiger partial charge in [0.2, 0.25) is 5.91 Å². The first-order valence-electron chi connectivity index (χ1n) is 7.52. The predicted molar refractivity (Wildman–Crippen MR) is 91.8 cm³/mol. The summed E-state index contributed by atoms with van der Waals surface area (Å²) in [4.78, 5) is 14.4. The summed E-state index contributed by atoms with van der Waals surface area (Å²) < 4.78 is 0. The van der Waals surface area contributed by atoms with Crippen molar-refractivity contribution >= 4 is 28.9 Å². The number of benzene rings is 2. The van der Waals surface area contributed by atoms with Gasteiger partial charge >= 0.3 is 0 Å². The lowest BCUT2D eigenvalue weighted by Gasteiger charge is -2.30. The average Bonchev–Trinajstić information content (AvgIpc) is 2.51. The summed E-state index contributed by atoms with van der Waals surface area (Å²) in [5.41, 5.74) is 4.24. The number of anilines is 2. The maximum absolute atomic E-state index is 12.3. The maximum atomic E-state index is 12.3. The zero-order valence-electron chi connectivity index (χ0n) is 12.6. The van der Waals surface area contributed by atoms with Crippen LogP contribution in [0.1, 0.15) is 17.5 Å². The second kappa shape index (κ2) is 6.41. The molecule has 0 saturated heterocycles. The highest BCUT2D eigenvalue weighted by Crippen LogP contribution is 2.26. The summed E-state index contributed by atoms with van der Waals surface area (Å²) >= 11 is 6.09. The fourth-order valence-electron chi connectivity index (χ4n) is 2.82. The van der Waals surface area contributed by atoms with Gasteiger partial charge in [-0.2, -0.15) is 0 Å². The van der Waals surface area contributed by atoms with Gasteiger partial charge in [-0.25, -0.2) is 0 Å². The Labute approximate surface area is 135 Å². The predicted octanol–water partition coefficient (Wildman–Crippen LogP) is 4.04. The zero-order chi connectivity index (χ0) is 15.5. The van der Waals surface area contributed by atoms with E-state index in [1.165, 1.54) is 11.3 Å². The average molecular weight is 315 g/mol. The molecule has 1 amide bonds. The highest BCUT2D eigenvalue weighted by atomic mass is 35.5. The van der Waals surface area contributed by atoms with E-state index in [2.05, 4.69) is 28.4 Å². The van der Waals surface area contributed by atoms with Gasteiger partial charge in [-0.1, -0.05) is 35.9 Å². The van der Waals surface area contributed by atoms with Gasteiger partial charge in [0, 0.05) is 22.9 Å². The van der Waals surface area contributed by atoms with Crippen molar-refractivity contribution in [3.8, 4) is 0 Å². The third-order valence-corrected chi connectivity index (χ3v) is 4.40. The molecule has 0 atom stereocenters. The fourth-order valence-corrected chi connectivity index (χ4v) is 3.00. The summed E-state index contributed by atoms with van der Waals surface area (Å²) in [6.45, 7) is 3.22. The van der Waals surface area contributed by atoms with Crippen molar-refractivity contribution in [1.82, 2.24) is 0 Å². The number of para-hydroxylation sites is 1. The third kappa shape index (κ3) is 3.25. The van der Waals surface area contributed by atoms with Crippen LogP contribution in [-0.2, 0) is 11.2 Å². The first-order valence-corrected chi connectivity index (χ1v) is 7.90. The Kier molecular flexibility index (Phi) is 4.34. The van der Waals surface area contributed by atoms with Crippen LogP contribution in [0, 0.1) is 6.92 Å². The molecule has 4 heteroatoms. The Morgan fingerprint density at radius 2 is 2.09 bits per heavy atom. The normalized spacial score (nSPS) is 13.6. The second-order valence-corrected chi connectivity index (χ2v) is 6.07. The van der Waals surface area contributed by atoms with Gasteiger partial charge in [0.15, 0.2) is 0 Å². The molecule has 1 heterocycles. The largest absolute Gasteiger partial charge is 0.362 e. The van der Waals surface area contributed by atoms with Crippen LogP contribution in [0.15, 0.2) is 42.5 Å². The molecule has 1 aliphatic heterocycles. The number of aryl methyl sites for hydroxylation is 2. The highest BCUT2D eigenvalue weighted by molar-refractivity contribution is 6.31. The number of carbonyl (C=O) groups excluding carboxylic acids is 1. The first-order chi connectivity index (χ1) is 10.6. The van der Waals surface area contributed by atoms with Crippen molar-refractivity contribution in [2.24, 2.45) is 0 Å². The van der Waals surface area contributed by atoms with Gasteiger partial charge < -0.3 is 10.2 Å². The van der Waals surface area contributed by atoms with Crippen molar-refractivity contribution in [3.63, 3.8) is 0 Å². The fraction of sp³-hybridized carbons (Fsp3) is 0.278. The van der Waals surface area contributed by atoms with E-state index in [1.54, 1.807) is 6.07 Å². The van der Waals surface area contributed by atoms with Gasteiger partial charge in [-0.15, -0.1) is 0 Å². The van der Waals surface area contributed by atoms with Crippen LogP contribution in [0.25, 0.3) is 0 Å². The van der Waals surface area contributed by atoms with Crippen LogP contribution in [0.2, 0.25) is 5.02 Å². The van der Waals surface area contributed by atoms with Gasteiger partial charge in [-0.3, -0.25) is 4.79 Å². The Balaban J connectivity index is 1.69. The topological polar surface area (TPSA) is 32.3 Å². The second-order valence-electron chi connectivity index (χ2n) is 5.67. The summed E-state index contributed by atoms with van der Waals surface area (Å²) in [6, 6.07) is 13.9. The molecule has 0 aromatic heterocycles. The number of rotatable bonds is 3. The van der Waals surface area contributed by atoms with Gasteiger partial charge in [0.1, 0.15) is 0 Å². The maximum Gasteiger partial charge on any atom is 0.243 e. The van der Waals surface area contributed by atoms with Crippen LogP contribution in [0.5, 0.6) is 0 Å². The van der Waals surface area contributed by atoms with Crippen molar-refractivity contribution in [2.75, 3.05) is 23.3 Å². The Morgan fingerprint density at radius 3 is 2.91 bits per heavy atom. The number of halogens is 1. The number of hydrogen-bond acceptors (Lipinski definition) is 2. The summed E-state index contributed by atoms with van der Waals surface area (Å²) in [6.07, 6.45) is 2.17. The van der Waals surface area contributed by atoms with Crippen molar-refractivity contribution in [1.29, 1.82) is 0 Å². The summed E-state index contributed by atoms with van der Waals surface area (Å²) in [7, 11) is 0. The minimum absolute atomic E-state index is 0.0170. The molecule has 2 aromatic rings. The van der Waals surface area contributed by atoms with Crippen LogP contribution >= 0.6 is 11.6 Å². The molecule has 22 heavy (non-hydrogen) atoms. The van der Waals surface area contributed by atoms with Crippen LogP contribution in [0.3, 0.4) is 0 Å². The van der Waals surface area contributed by atoms with E-state index in [4.69, 9.17) is 11.6 Å². The molecule has 0 spiro atoms. The van der Waals surface area contributed by atoms with Crippen LogP contribution in [0.4, 0.5) is 11.4 Å². The molecule has 114 valence electrons. The molecule has 2 aromatic carbocycles. The van der Waals surface area contributed by atoms with E-state index >= 15 is 0 Å². The number of hydrogen-bond donors (Lipinski definition) is 1. The molecule has 0 saturated carbocycles. The lowest BCUT2D eigenvalue weighted by Crippen LogP contribution is -2.36. The Hall–Kier alpha value is -2.00. The van der Waals surface area contributed by atoms with E-state index in [0.717, 1.165) is 30.6 Å². The van der Waals surface area contributed by atoms with Gasteiger partial charge in [0.25, 0.3) is 0 Å². The molecular formula is C18H19ClN2O. The number of fused-ring (bicyclic) bond motifs is 1. The number of nitrogens with zero attached hydrogens (tertiary/aromatic N) is 1. The first kappa shape index (κ1) is 14.9. The van der Waals surface area contributed by atoms with Crippen LogP contribution < -0.4 is 10.2 Å². The van der Waals surface area contributed by atoms with E-state index in [-0.39, 0.29) is 5.91 Å². The molecule has 0 unspecified atom stereocenters. The van der Waals surface area contributed by atoms with Crippen LogP contribution in [-0.4, -0.2) is 19.0 Å². The summed E-state index contributed by atoms with van der Waals surface area (Å²) in [5.74, 6) is -0.0170. The molecule has 0 fully saturated rings. The quantitative estimate of drug-likeness (QED) is 0.927. The van der Waals surface area contributed by atoms with Crippen molar-refractivity contribution in [3.05, 3.63) is 58.6 Å². The van der Waals surface area contributed by atoms with E-state index in [0.29, 0.717) is 11.6 Å². The molecule has 0 bridgehead atoms. The minimum Gasteiger partial charge on any atom is -0.362 e. The molecule has 0 aliphatic carbocycles. The molecule has 1 aliphatic rings. The smallest absolute Gasteiger partial charge is 0.243 e. The highest BCUT2D eigenvalue weighted by Gasteiger charge is 2.18. The SMILES string of the molecule is Cc1ccc(NC(=O)CN2CCCc3ccccc32)cc1Cl. The Morgan fingerprint density at radius 1 is 1.27 bits per heavy atom. The van der Waals surface area contributed by atoms with Gasteiger partial charge in [0.05, 0.1) is 6.54 Å². The van der Waals surface area contributed by atoms with E-state index < -0.39 is 0 Å². The molecular weight excluding hydrogens is 296 g/mol. The van der Waals surface area contributed by atoms with Crippen molar-refractivity contribution in [2.45, 2.75) is 19.8 Å². The monoisotopic (exact) mass is 314 g/mol. The summed E-state index contributed by atoms with van der Waals surface area (Å²) in [5, 5.41) is 3.59. The Bertz CT molecular complexity index is 699. The minimum atomic E-state index is -0.0170. The van der Waals surface area contributed by atoms with Crippen molar-refractivity contribution < 1.29 is 4.79 Å². The lowest BCUT2D eigenvalue weighted by atomic mass is 10.0. The molecule has 1 N–H and O–H groups in total. The standard InChI is InChI=1S/C18H19ClN2O/c1-13-8-9-15(11-16(13)19)20-18(22)12-21-10-4-6-14-5-2-3-7-17(14)21/h2-3,5,7-9,11H,4,6,10,12H2,1H3,(H,20,22). The molecule has 0 radical (unpaired) electrons. The third-order valence-electron chi connectivity index (χ3n) is 4.00. The van der Waals surface area contributed by atoms with E-state index in [1.807, 2.05) is 25.1 Å². The lowest BCUT2D eigenvalue weighted by molar-refractivity contribution is -0.115. The van der Waals surface area contributed by atoms with Gasteiger partial charge in [-0.05, 0) is 49.1 Å². The zero-order valence-corrected chi connectivity index (χ0v) is 13.4. The number of nitrogens with one attached hydrogen (secondary N) is 1. The van der Waals surface area contributed by atoms with E-state index in [9.17, 15) is 4.79 Å². The molecule has 3 rings (SSSR count). The number of amides is 1.